The van der Waals surface area contributed by atoms with Crippen molar-refractivity contribution in [3.63, 3.8) is 0 Å². The number of nitrogens with zero attached hydrogens (tertiary/aromatic N) is 1. The van der Waals surface area contributed by atoms with Gasteiger partial charge < -0.3 is 5.11 Å². The van der Waals surface area contributed by atoms with Gasteiger partial charge in [0.2, 0.25) is 0 Å². The van der Waals surface area contributed by atoms with Gasteiger partial charge in [0.25, 0.3) is 0 Å². The predicted octanol–water partition coefficient (Wildman–Crippen LogP) is 5.99. The molecule has 30 heavy (non-hydrogen) atoms. The summed E-state index contributed by atoms with van der Waals surface area (Å²) in [5.74, 6) is 0. The van der Waals surface area contributed by atoms with E-state index in [1.54, 1.807) is 0 Å². The molecule has 1 saturated carbocycles. The third-order valence-corrected chi connectivity index (χ3v) is 7.12. The summed E-state index contributed by atoms with van der Waals surface area (Å²) in [6, 6.07) is 30.4. The van der Waals surface area contributed by atoms with E-state index in [2.05, 4.69) is 78.6 Å². The Morgan fingerprint density at radius 1 is 0.733 bits per heavy atom. The molecule has 5 rings (SSSR count). The molecule has 1 N–H and O–H groups in total. The Balaban J connectivity index is 1.62. The second-order valence-electron chi connectivity index (χ2n) is 9.04. The highest BCUT2D eigenvalue weighted by Gasteiger charge is 2.62. The minimum Gasteiger partial charge on any atom is -0.379 e. The maximum Gasteiger partial charge on any atom is 0.132 e. The molecule has 0 spiro atoms. The minimum atomic E-state index is -1.03. The van der Waals surface area contributed by atoms with Gasteiger partial charge in [-0.25, -0.2) is 0 Å². The van der Waals surface area contributed by atoms with E-state index in [4.69, 9.17) is 0 Å². The Labute approximate surface area is 180 Å². The molecule has 0 radical (unpaired) electrons. The van der Waals surface area contributed by atoms with Crippen LogP contribution < -0.4 is 0 Å². The molecule has 2 heteroatoms. The number of benzene rings is 3. The molecule has 2 fully saturated rings. The Kier molecular flexibility index (Phi) is 5.22. The van der Waals surface area contributed by atoms with Crippen LogP contribution in [0, 0.1) is 6.92 Å². The van der Waals surface area contributed by atoms with Gasteiger partial charge in [-0.2, -0.15) is 0 Å². The van der Waals surface area contributed by atoms with E-state index in [-0.39, 0.29) is 12.1 Å². The average Bonchev–Trinajstić information content (AvgIpc) is 3.57. The van der Waals surface area contributed by atoms with Crippen LogP contribution in [0.1, 0.15) is 60.4 Å². The van der Waals surface area contributed by atoms with Crippen LogP contribution in [-0.4, -0.2) is 22.1 Å². The van der Waals surface area contributed by atoms with Crippen LogP contribution >= 0.6 is 0 Å². The van der Waals surface area contributed by atoms with Crippen molar-refractivity contribution in [3.8, 4) is 0 Å². The normalized spacial score (nSPS) is 26.1. The van der Waals surface area contributed by atoms with Gasteiger partial charge in [0.05, 0.1) is 12.1 Å². The molecular formula is C28H31NO. The summed E-state index contributed by atoms with van der Waals surface area (Å²) < 4.78 is 0. The van der Waals surface area contributed by atoms with Gasteiger partial charge in [0.15, 0.2) is 0 Å². The maximum atomic E-state index is 12.5. The van der Waals surface area contributed by atoms with E-state index >= 15 is 0 Å². The van der Waals surface area contributed by atoms with E-state index in [0.29, 0.717) is 6.04 Å². The Morgan fingerprint density at radius 3 is 1.93 bits per heavy atom. The molecule has 1 aliphatic heterocycles. The quantitative estimate of drug-likeness (QED) is 0.535. The number of aryl methyl sites for hydroxylation is 1. The highest BCUT2D eigenvalue weighted by Crippen LogP contribution is 2.57. The van der Waals surface area contributed by atoms with Crippen LogP contribution in [0.2, 0.25) is 0 Å². The van der Waals surface area contributed by atoms with E-state index in [0.717, 1.165) is 11.1 Å². The van der Waals surface area contributed by atoms with Crippen molar-refractivity contribution in [2.45, 2.75) is 62.8 Å². The summed E-state index contributed by atoms with van der Waals surface area (Å²) in [7, 11) is 0. The summed E-state index contributed by atoms with van der Waals surface area (Å²) in [5, 5.41) is 12.5. The van der Waals surface area contributed by atoms with Crippen molar-refractivity contribution < 1.29 is 5.11 Å². The zero-order valence-corrected chi connectivity index (χ0v) is 17.7. The second-order valence-corrected chi connectivity index (χ2v) is 9.04. The van der Waals surface area contributed by atoms with Crippen molar-refractivity contribution in [2.75, 3.05) is 0 Å². The first-order valence-electron chi connectivity index (χ1n) is 11.4. The Hall–Kier alpha value is -2.42. The lowest BCUT2D eigenvalue weighted by atomic mass is 9.81. The van der Waals surface area contributed by atoms with Gasteiger partial charge in [-0.05, 0) is 36.5 Å². The molecule has 1 aliphatic carbocycles. The summed E-state index contributed by atoms with van der Waals surface area (Å²) >= 11 is 0. The van der Waals surface area contributed by atoms with Gasteiger partial charge in [-0.1, -0.05) is 110 Å². The van der Waals surface area contributed by atoms with Crippen LogP contribution in [-0.2, 0) is 5.60 Å². The van der Waals surface area contributed by atoms with Crippen LogP contribution in [0.15, 0.2) is 84.9 Å². The lowest BCUT2D eigenvalue weighted by Gasteiger charge is -2.32. The summed E-state index contributed by atoms with van der Waals surface area (Å²) in [5.41, 5.74) is 3.47. The zero-order valence-electron chi connectivity index (χ0n) is 17.7. The van der Waals surface area contributed by atoms with Crippen molar-refractivity contribution in [1.29, 1.82) is 0 Å². The summed E-state index contributed by atoms with van der Waals surface area (Å²) in [4.78, 5) is 2.61. The molecule has 1 saturated heterocycles. The number of hydrogen-bond donors (Lipinski definition) is 1. The fourth-order valence-electron chi connectivity index (χ4n) is 5.54. The van der Waals surface area contributed by atoms with Crippen molar-refractivity contribution >= 4 is 0 Å². The van der Waals surface area contributed by atoms with Gasteiger partial charge in [0, 0.05) is 6.04 Å². The molecule has 0 aromatic heterocycles. The maximum absolute atomic E-state index is 12.5. The highest BCUT2D eigenvalue weighted by atomic mass is 16.3. The Bertz CT molecular complexity index is 963. The highest BCUT2D eigenvalue weighted by molar-refractivity contribution is 5.45. The first-order chi connectivity index (χ1) is 14.7. The van der Waals surface area contributed by atoms with Crippen LogP contribution in [0.25, 0.3) is 0 Å². The largest absolute Gasteiger partial charge is 0.379 e. The van der Waals surface area contributed by atoms with Gasteiger partial charge in [0.1, 0.15) is 5.60 Å². The smallest absolute Gasteiger partial charge is 0.132 e. The van der Waals surface area contributed by atoms with Crippen LogP contribution in [0.4, 0.5) is 0 Å². The number of hydrogen-bond acceptors (Lipinski definition) is 2. The SMILES string of the molecule is Cc1ccc([C@](O)(c2ccccc2)[C@@H]2[C@H](c3ccccc3)N2C2CCCCC2)cc1. The second kappa shape index (κ2) is 8.02. The molecule has 3 aromatic carbocycles. The summed E-state index contributed by atoms with van der Waals surface area (Å²) in [6.07, 6.45) is 6.40. The predicted molar refractivity (Wildman–Crippen MR) is 122 cm³/mol. The minimum absolute atomic E-state index is 0.0492. The van der Waals surface area contributed by atoms with Gasteiger partial charge in [-0.3, -0.25) is 4.90 Å². The molecule has 0 amide bonds. The average molecular weight is 398 g/mol. The summed E-state index contributed by atoms with van der Waals surface area (Å²) in [6.45, 7) is 2.10. The van der Waals surface area contributed by atoms with E-state index in [1.807, 2.05) is 18.2 Å². The lowest BCUT2D eigenvalue weighted by Crippen LogP contribution is -2.38. The fraction of sp³-hybridized carbons (Fsp3) is 0.357. The monoisotopic (exact) mass is 397 g/mol. The van der Waals surface area contributed by atoms with Crippen molar-refractivity contribution in [3.05, 3.63) is 107 Å². The first kappa shape index (κ1) is 19.5. The van der Waals surface area contributed by atoms with Gasteiger partial charge >= 0.3 is 0 Å². The molecular weight excluding hydrogens is 366 g/mol. The van der Waals surface area contributed by atoms with E-state index in [9.17, 15) is 5.11 Å². The fourth-order valence-corrected chi connectivity index (χ4v) is 5.54. The number of rotatable bonds is 5. The molecule has 2 aliphatic rings. The molecule has 2 nitrogen and oxygen atoms in total. The molecule has 0 bridgehead atoms. The molecule has 1 heterocycles. The van der Waals surface area contributed by atoms with Crippen LogP contribution in [0.3, 0.4) is 0 Å². The van der Waals surface area contributed by atoms with Crippen molar-refractivity contribution in [1.82, 2.24) is 4.90 Å². The van der Waals surface area contributed by atoms with Crippen LogP contribution in [0.5, 0.6) is 0 Å². The van der Waals surface area contributed by atoms with E-state index < -0.39 is 5.60 Å². The standard InChI is InChI=1S/C28H31NO/c1-21-17-19-24(20-18-21)28(30,23-13-7-3-8-14-23)27-26(22-11-5-2-6-12-22)29(27)25-15-9-4-10-16-25/h2-3,5-8,11-14,17-20,25-27,30H,4,9-10,15-16H2,1H3/t26-,27-,28+,29?/m0/s1. The zero-order chi connectivity index (χ0) is 20.6. The van der Waals surface area contributed by atoms with Gasteiger partial charge in [-0.15, -0.1) is 0 Å². The lowest BCUT2D eigenvalue weighted by molar-refractivity contribution is 0.0562. The van der Waals surface area contributed by atoms with Crippen molar-refractivity contribution in [2.24, 2.45) is 0 Å². The Morgan fingerprint density at radius 2 is 1.30 bits per heavy atom. The topological polar surface area (TPSA) is 23.2 Å². The molecule has 154 valence electrons. The third kappa shape index (κ3) is 3.38. The first-order valence-corrected chi connectivity index (χ1v) is 11.4. The third-order valence-electron chi connectivity index (χ3n) is 7.12. The number of aliphatic hydroxyl groups is 1. The molecule has 3 aromatic rings. The molecule has 4 atom stereocenters. The molecule has 1 unspecified atom stereocenters. The van der Waals surface area contributed by atoms with E-state index in [1.165, 1.54) is 43.2 Å².